The highest BCUT2D eigenvalue weighted by molar-refractivity contribution is 6.00. The van der Waals surface area contributed by atoms with Crippen molar-refractivity contribution in [3.63, 3.8) is 0 Å². The van der Waals surface area contributed by atoms with Crippen LogP contribution in [0.3, 0.4) is 0 Å². The van der Waals surface area contributed by atoms with Crippen molar-refractivity contribution >= 4 is 23.2 Å². The molecule has 1 aliphatic heterocycles. The van der Waals surface area contributed by atoms with Crippen molar-refractivity contribution in [1.29, 1.82) is 0 Å². The molecule has 3 rings (SSSR count). The molecule has 10 nitrogen and oxygen atoms in total. The second-order valence-corrected chi connectivity index (χ2v) is 7.45. The molecule has 0 atom stereocenters. The van der Waals surface area contributed by atoms with Gasteiger partial charge in [-0.1, -0.05) is 0 Å². The summed E-state index contributed by atoms with van der Waals surface area (Å²) in [5, 5.41) is 13.6. The van der Waals surface area contributed by atoms with Gasteiger partial charge in [0, 0.05) is 38.7 Å². The summed E-state index contributed by atoms with van der Waals surface area (Å²) in [6, 6.07) is 1.49. The average Bonchev–Trinajstić information content (AvgIpc) is 2.78. The van der Waals surface area contributed by atoms with E-state index in [0.29, 0.717) is 43.5 Å². The molecular formula is C22H28N2O8. The summed E-state index contributed by atoms with van der Waals surface area (Å²) >= 11 is 0. The van der Waals surface area contributed by atoms with Gasteiger partial charge < -0.3 is 29.1 Å². The number of rotatable bonds is 10. The second-order valence-electron chi connectivity index (χ2n) is 7.45. The van der Waals surface area contributed by atoms with Crippen LogP contribution < -0.4 is 15.7 Å². The zero-order valence-electron chi connectivity index (χ0n) is 18.3. The quantitative estimate of drug-likeness (QED) is 0.306. The number of aldehydes is 1. The Kier molecular flexibility index (Phi) is 8.20. The molecule has 2 aromatic rings. The molecule has 2 N–H and O–H groups in total. The van der Waals surface area contributed by atoms with E-state index < -0.39 is 11.4 Å². The number of hydrogen-bond donors (Lipinski definition) is 2. The van der Waals surface area contributed by atoms with Crippen LogP contribution in [0.2, 0.25) is 0 Å². The van der Waals surface area contributed by atoms with Gasteiger partial charge in [0.25, 0.3) is 0 Å². The Labute approximate surface area is 185 Å². The minimum atomic E-state index is -0.728. The third kappa shape index (κ3) is 5.45. The maximum atomic E-state index is 12.6. The molecular weight excluding hydrogens is 420 g/mol. The number of methoxy groups -OCH3 is 1. The van der Waals surface area contributed by atoms with Gasteiger partial charge in [0.05, 0.1) is 31.8 Å². The predicted octanol–water partition coefficient (Wildman–Crippen LogP) is 0.636. The van der Waals surface area contributed by atoms with Gasteiger partial charge in [-0.3, -0.25) is 14.5 Å². The fourth-order valence-electron chi connectivity index (χ4n) is 3.57. The molecule has 0 radical (unpaired) electrons. The molecule has 32 heavy (non-hydrogen) atoms. The van der Waals surface area contributed by atoms with E-state index in [-0.39, 0.29) is 48.0 Å². The van der Waals surface area contributed by atoms with Crippen molar-refractivity contribution in [2.75, 3.05) is 59.7 Å². The fourth-order valence-corrected chi connectivity index (χ4v) is 3.57. The number of nitrogens with zero attached hydrogens (tertiary/aromatic N) is 1. The Morgan fingerprint density at radius 3 is 2.75 bits per heavy atom. The van der Waals surface area contributed by atoms with Gasteiger partial charge in [0.2, 0.25) is 5.91 Å². The Morgan fingerprint density at radius 1 is 1.31 bits per heavy atom. The first kappa shape index (κ1) is 23.7. The smallest absolute Gasteiger partial charge is 0.340 e. The van der Waals surface area contributed by atoms with E-state index in [1.54, 1.807) is 6.92 Å². The number of nitrogens with one attached hydrogen (secondary N) is 1. The molecule has 0 saturated carbocycles. The van der Waals surface area contributed by atoms with Crippen molar-refractivity contribution < 1.29 is 33.3 Å². The zero-order valence-corrected chi connectivity index (χ0v) is 18.3. The molecule has 10 heteroatoms. The van der Waals surface area contributed by atoms with Gasteiger partial charge in [0.1, 0.15) is 12.2 Å². The number of morpholine rings is 1. The molecule has 0 spiro atoms. The molecule has 0 bridgehead atoms. The number of aryl methyl sites for hydroxylation is 1. The van der Waals surface area contributed by atoms with Gasteiger partial charge in [-0.05, 0) is 18.6 Å². The number of carbonyl (C=O) groups excluding carboxylic acids is 2. The van der Waals surface area contributed by atoms with Gasteiger partial charge in [-0.2, -0.15) is 0 Å². The number of amides is 1. The monoisotopic (exact) mass is 448 g/mol. The largest absolute Gasteiger partial charge is 0.504 e. The molecule has 1 fully saturated rings. The number of ether oxygens (including phenoxy) is 3. The minimum Gasteiger partial charge on any atom is -0.504 e. The lowest BCUT2D eigenvalue weighted by molar-refractivity contribution is -0.120. The van der Waals surface area contributed by atoms with E-state index in [4.69, 9.17) is 18.6 Å². The molecule has 0 aliphatic carbocycles. The van der Waals surface area contributed by atoms with Crippen LogP contribution in [0.1, 0.15) is 21.5 Å². The van der Waals surface area contributed by atoms with Gasteiger partial charge >= 0.3 is 5.63 Å². The number of phenols is 1. The molecule has 1 aliphatic rings. The summed E-state index contributed by atoms with van der Waals surface area (Å²) in [7, 11) is 1.51. The van der Waals surface area contributed by atoms with Crippen molar-refractivity contribution in [2.24, 2.45) is 0 Å². The summed E-state index contributed by atoms with van der Waals surface area (Å²) < 4.78 is 21.1. The first-order chi connectivity index (χ1) is 15.5. The molecule has 1 saturated heterocycles. The van der Waals surface area contributed by atoms with Crippen LogP contribution in [-0.2, 0) is 20.7 Å². The second kappa shape index (κ2) is 11.1. The number of benzene rings is 1. The molecule has 0 unspecified atom stereocenters. The maximum Gasteiger partial charge on any atom is 0.340 e. The van der Waals surface area contributed by atoms with Crippen LogP contribution in [0.25, 0.3) is 11.0 Å². The highest BCUT2D eigenvalue weighted by atomic mass is 16.5. The van der Waals surface area contributed by atoms with Crippen LogP contribution in [-0.4, -0.2) is 81.9 Å². The Balaban J connectivity index is 1.80. The lowest BCUT2D eigenvalue weighted by atomic mass is 10.0. The van der Waals surface area contributed by atoms with E-state index in [9.17, 15) is 19.5 Å². The third-order valence-corrected chi connectivity index (χ3v) is 5.41. The normalized spacial score (nSPS) is 14.4. The van der Waals surface area contributed by atoms with Crippen LogP contribution in [0.5, 0.6) is 11.5 Å². The third-order valence-electron chi connectivity index (χ3n) is 5.41. The number of phenolic OH excluding ortho intramolecular Hbond substituents is 1. The van der Waals surface area contributed by atoms with E-state index >= 15 is 0 Å². The van der Waals surface area contributed by atoms with E-state index in [2.05, 4.69) is 10.2 Å². The highest BCUT2D eigenvalue weighted by Crippen LogP contribution is 2.37. The summed E-state index contributed by atoms with van der Waals surface area (Å²) in [6.07, 6.45) is 0.242. The summed E-state index contributed by atoms with van der Waals surface area (Å²) in [5.74, 6) is -0.659. The molecule has 174 valence electrons. The Hall–Kier alpha value is -2.95. The number of aromatic hydroxyl groups is 1. The standard InChI is InChI=1S/C22H28N2O8/c1-14-15-11-18(31-10-9-29-2)20(27)17(13-25)21(15)32-22(28)16(14)12-19(26)23-3-4-24-5-7-30-8-6-24/h11,13,27H,3-10,12H2,1-2H3,(H,23,26). The summed E-state index contributed by atoms with van der Waals surface area (Å²) in [5.41, 5.74) is -0.285. The van der Waals surface area contributed by atoms with Gasteiger partial charge in [-0.15, -0.1) is 0 Å². The lowest BCUT2D eigenvalue weighted by Crippen LogP contribution is -2.41. The Bertz CT molecular complexity index is 1030. The number of fused-ring (bicyclic) bond motifs is 1. The maximum absolute atomic E-state index is 12.6. The van der Waals surface area contributed by atoms with Crippen molar-refractivity contribution in [1.82, 2.24) is 10.2 Å². The first-order valence-electron chi connectivity index (χ1n) is 10.4. The lowest BCUT2D eigenvalue weighted by Gasteiger charge is -2.26. The van der Waals surface area contributed by atoms with Crippen molar-refractivity contribution in [3.8, 4) is 11.5 Å². The summed E-state index contributed by atoms with van der Waals surface area (Å²) in [6.45, 7) is 6.27. The van der Waals surface area contributed by atoms with Crippen LogP contribution in [0, 0.1) is 6.92 Å². The average molecular weight is 448 g/mol. The van der Waals surface area contributed by atoms with Gasteiger partial charge in [0.15, 0.2) is 23.4 Å². The zero-order chi connectivity index (χ0) is 23.1. The number of hydrogen-bond acceptors (Lipinski definition) is 9. The molecule has 1 aromatic heterocycles. The minimum absolute atomic E-state index is 0.0458. The predicted molar refractivity (Wildman–Crippen MR) is 116 cm³/mol. The van der Waals surface area contributed by atoms with E-state index in [1.165, 1.54) is 13.2 Å². The van der Waals surface area contributed by atoms with E-state index in [1.807, 2.05) is 0 Å². The van der Waals surface area contributed by atoms with E-state index in [0.717, 1.165) is 13.1 Å². The topological polar surface area (TPSA) is 128 Å². The number of carbonyl (C=O) groups is 2. The SMILES string of the molecule is COCCOc1cc2c(C)c(CC(=O)NCCN3CCOCC3)c(=O)oc2c(C=O)c1O. The van der Waals surface area contributed by atoms with Gasteiger partial charge in [-0.25, -0.2) is 4.79 Å². The molecule has 1 amide bonds. The van der Waals surface area contributed by atoms with Crippen molar-refractivity contribution in [2.45, 2.75) is 13.3 Å². The molecule has 2 heterocycles. The first-order valence-corrected chi connectivity index (χ1v) is 10.4. The Morgan fingerprint density at radius 2 is 2.06 bits per heavy atom. The molecule has 1 aromatic carbocycles. The highest BCUT2D eigenvalue weighted by Gasteiger charge is 2.21. The summed E-state index contributed by atoms with van der Waals surface area (Å²) in [4.78, 5) is 38.8. The van der Waals surface area contributed by atoms with Crippen LogP contribution >= 0.6 is 0 Å². The van der Waals surface area contributed by atoms with Crippen LogP contribution in [0.4, 0.5) is 0 Å². The van der Waals surface area contributed by atoms with Crippen molar-refractivity contribution in [3.05, 3.63) is 33.2 Å². The fraction of sp³-hybridized carbons (Fsp3) is 0.500. The van der Waals surface area contributed by atoms with Crippen LogP contribution in [0.15, 0.2) is 15.3 Å².